The highest BCUT2D eigenvalue weighted by Crippen LogP contribution is 2.15. The zero-order valence-electron chi connectivity index (χ0n) is 9.94. The van der Waals surface area contributed by atoms with E-state index in [1.807, 2.05) is 6.08 Å². The third kappa shape index (κ3) is 2.78. The zero-order valence-corrected chi connectivity index (χ0v) is 9.94. The maximum Gasteiger partial charge on any atom is 0.153 e. The molecule has 4 heteroatoms. The number of allylic oxidation sites excluding steroid dienone is 1. The Morgan fingerprint density at radius 3 is 3.12 bits per heavy atom. The van der Waals surface area contributed by atoms with Crippen molar-refractivity contribution >= 4 is 12.1 Å². The summed E-state index contributed by atoms with van der Waals surface area (Å²) < 4.78 is 0. The molecule has 0 spiro atoms. The second-order valence-corrected chi connectivity index (χ2v) is 4.02. The van der Waals surface area contributed by atoms with E-state index in [1.54, 1.807) is 12.3 Å². The molecule has 1 aromatic heterocycles. The number of carbonyl (C=O) groups excluding carboxylic acids is 1. The molecule has 0 fully saturated rings. The first-order valence-corrected chi connectivity index (χ1v) is 5.85. The molecule has 0 amide bonds. The number of rotatable bonds is 5. The van der Waals surface area contributed by atoms with Crippen LogP contribution in [0.1, 0.15) is 23.7 Å². The third-order valence-electron chi connectivity index (χ3n) is 2.70. The average Bonchev–Trinajstić information content (AvgIpc) is 2.79. The first kappa shape index (κ1) is 11.5. The SMILES string of the molecule is CCCN1C=CC(Nc2[nH]ccc2C=O)=CC1. The van der Waals surface area contributed by atoms with Crippen LogP contribution in [0.4, 0.5) is 5.82 Å². The number of aldehydes is 1. The Hall–Kier alpha value is -1.97. The Balaban J connectivity index is 1.98. The Bertz CT molecular complexity index is 445. The van der Waals surface area contributed by atoms with E-state index in [9.17, 15) is 4.79 Å². The first-order chi connectivity index (χ1) is 8.33. The number of aromatic amines is 1. The van der Waals surface area contributed by atoms with Crippen molar-refractivity contribution in [1.82, 2.24) is 9.88 Å². The number of carbonyl (C=O) groups is 1. The number of H-pyrrole nitrogens is 1. The zero-order chi connectivity index (χ0) is 12.1. The lowest BCUT2D eigenvalue weighted by Crippen LogP contribution is -2.21. The highest BCUT2D eigenvalue weighted by molar-refractivity contribution is 5.83. The lowest BCUT2D eigenvalue weighted by Gasteiger charge is -2.22. The van der Waals surface area contributed by atoms with Gasteiger partial charge in [-0.2, -0.15) is 0 Å². The summed E-state index contributed by atoms with van der Waals surface area (Å²) in [6.45, 7) is 4.15. The number of aromatic nitrogens is 1. The highest BCUT2D eigenvalue weighted by Gasteiger charge is 2.06. The van der Waals surface area contributed by atoms with Gasteiger partial charge in [-0.05, 0) is 24.6 Å². The molecule has 1 aromatic rings. The van der Waals surface area contributed by atoms with Crippen LogP contribution in [0.2, 0.25) is 0 Å². The predicted octanol–water partition coefficient (Wildman–Crippen LogP) is 2.36. The molecule has 90 valence electrons. The summed E-state index contributed by atoms with van der Waals surface area (Å²) >= 11 is 0. The van der Waals surface area contributed by atoms with Gasteiger partial charge in [-0.1, -0.05) is 6.92 Å². The molecule has 17 heavy (non-hydrogen) atoms. The molecule has 1 aliphatic heterocycles. The minimum absolute atomic E-state index is 0.648. The van der Waals surface area contributed by atoms with Crippen LogP contribution in [0.5, 0.6) is 0 Å². The Morgan fingerprint density at radius 2 is 2.47 bits per heavy atom. The summed E-state index contributed by atoms with van der Waals surface area (Å²) in [4.78, 5) is 16.0. The van der Waals surface area contributed by atoms with Gasteiger partial charge in [-0.3, -0.25) is 4.79 Å². The number of nitrogens with zero attached hydrogens (tertiary/aromatic N) is 1. The second-order valence-electron chi connectivity index (χ2n) is 4.02. The van der Waals surface area contributed by atoms with Crippen LogP contribution >= 0.6 is 0 Å². The van der Waals surface area contributed by atoms with Gasteiger partial charge in [0.25, 0.3) is 0 Å². The summed E-state index contributed by atoms with van der Waals surface area (Å²) in [5.74, 6) is 0.750. The minimum atomic E-state index is 0.648. The lowest BCUT2D eigenvalue weighted by atomic mass is 10.2. The fourth-order valence-corrected chi connectivity index (χ4v) is 1.81. The van der Waals surface area contributed by atoms with Gasteiger partial charge in [0.05, 0.1) is 5.56 Å². The number of anilines is 1. The van der Waals surface area contributed by atoms with Crippen molar-refractivity contribution in [3.05, 3.63) is 41.9 Å². The molecule has 0 unspecified atom stereocenters. The van der Waals surface area contributed by atoms with Gasteiger partial charge in [-0.15, -0.1) is 0 Å². The number of hydrogen-bond donors (Lipinski definition) is 2. The lowest BCUT2D eigenvalue weighted by molar-refractivity contribution is 0.112. The monoisotopic (exact) mass is 231 g/mol. The standard InChI is InChI=1S/C13H17N3O/c1-2-7-16-8-4-12(5-9-16)15-13-11(10-17)3-6-14-13/h3-6,8,10,14-15H,2,7,9H2,1H3. The van der Waals surface area contributed by atoms with Crippen molar-refractivity contribution < 1.29 is 4.79 Å². The van der Waals surface area contributed by atoms with Crippen molar-refractivity contribution in [1.29, 1.82) is 0 Å². The Labute approximate surface area is 101 Å². The van der Waals surface area contributed by atoms with Crippen LogP contribution in [0.25, 0.3) is 0 Å². The predicted molar refractivity (Wildman–Crippen MR) is 68.9 cm³/mol. The van der Waals surface area contributed by atoms with Crippen molar-refractivity contribution in [2.75, 3.05) is 18.4 Å². The maximum absolute atomic E-state index is 10.8. The minimum Gasteiger partial charge on any atom is -0.374 e. The molecule has 0 aliphatic carbocycles. The van der Waals surface area contributed by atoms with Crippen LogP contribution in [0, 0.1) is 0 Å². The second kappa shape index (κ2) is 5.39. The first-order valence-electron chi connectivity index (χ1n) is 5.85. The Morgan fingerprint density at radius 1 is 1.59 bits per heavy atom. The van der Waals surface area contributed by atoms with Crippen LogP contribution in [0.15, 0.2) is 36.3 Å². The molecule has 0 saturated carbocycles. The van der Waals surface area contributed by atoms with Crippen LogP contribution in [0.3, 0.4) is 0 Å². The van der Waals surface area contributed by atoms with E-state index in [4.69, 9.17) is 0 Å². The van der Waals surface area contributed by atoms with E-state index < -0.39 is 0 Å². The van der Waals surface area contributed by atoms with Gasteiger partial charge in [0.1, 0.15) is 5.82 Å². The summed E-state index contributed by atoms with van der Waals surface area (Å²) in [5.41, 5.74) is 1.66. The van der Waals surface area contributed by atoms with Crippen molar-refractivity contribution in [3.8, 4) is 0 Å². The van der Waals surface area contributed by atoms with Gasteiger partial charge in [0.2, 0.25) is 0 Å². The topological polar surface area (TPSA) is 48.1 Å². The maximum atomic E-state index is 10.8. The molecular formula is C13H17N3O. The van der Waals surface area contributed by atoms with E-state index in [0.29, 0.717) is 5.56 Å². The average molecular weight is 231 g/mol. The van der Waals surface area contributed by atoms with Crippen LogP contribution in [-0.4, -0.2) is 29.3 Å². The van der Waals surface area contributed by atoms with Crippen molar-refractivity contribution in [3.63, 3.8) is 0 Å². The van der Waals surface area contributed by atoms with E-state index in [0.717, 1.165) is 37.3 Å². The number of nitrogens with one attached hydrogen (secondary N) is 2. The van der Waals surface area contributed by atoms with Gasteiger partial charge < -0.3 is 15.2 Å². The fraction of sp³-hybridized carbons (Fsp3) is 0.308. The molecule has 4 nitrogen and oxygen atoms in total. The van der Waals surface area contributed by atoms with Gasteiger partial charge in [0, 0.05) is 31.2 Å². The molecule has 0 radical (unpaired) electrons. The summed E-state index contributed by atoms with van der Waals surface area (Å²) in [7, 11) is 0. The third-order valence-corrected chi connectivity index (χ3v) is 2.70. The van der Waals surface area contributed by atoms with Crippen LogP contribution < -0.4 is 5.32 Å². The quantitative estimate of drug-likeness (QED) is 0.765. The largest absolute Gasteiger partial charge is 0.374 e. The molecule has 0 aromatic carbocycles. The normalized spacial score (nSPS) is 14.6. The van der Waals surface area contributed by atoms with Crippen LogP contribution in [-0.2, 0) is 0 Å². The molecule has 2 N–H and O–H groups in total. The summed E-state index contributed by atoms with van der Waals surface area (Å²) in [5, 5.41) is 3.20. The van der Waals surface area contributed by atoms with E-state index in [1.165, 1.54) is 0 Å². The molecule has 2 heterocycles. The van der Waals surface area contributed by atoms with Gasteiger partial charge >= 0.3 is 0 Å². The van der Waals surface area contributed by atoms with Crippen molar-refractivity contribution in [2.45, 2.75) is 13.3 Å². The summed E-state index contributed by atoms with van der Waals surface area (Å²) in [6, 6.07) is 1.76. The van der Waals surface area contributed by atoms with E-state index in [-0.39, 0.29) is 0 Å². The molecule has 0 saturated heterocycles. The van der Waals surface area contributed by atoms with E-state index >= 15 is 0 Å². The van der Waals surface area contributed by atoms with E-state index in [2.05, 4.69) is 34.4 Å². The van der Waals surface area contributed by atoms with Gasteiger partial charge in [0.15, 0.2) is 6.29 Å². The molecule has 0 bridgehead atoms. The number of hydrogen-bond acceptors (Lipinski definition) is 3. The molecule has 1 aliphatic rings. The molecule has 2 rings (SSSR count). The van der Waals surface area contributed by atoms with Crippen molar-refractivity contribution in [2.24, 2.45) is 0 Å². The fourth-order valence-electron chi connectivity index (χ4n) is 1.81. The summed E-state index contributed by atoms with van der Waals surface area (Å²) in [6.07, 6.45) is 9.96. The highest BCUT2D eigenvalue weighted by atomic mass is 16.1. The Kier molecular flexibility index (Phi) is 3.65. The smallest absolute Gasteiger partial charge is 0.153 e. The molecule has 0 atom stereocenters. The van der Waals surface area contributed by atoms with Gasteiger partial charge in [-0.25, -0.2) is 0 Å². The molecular weight excluding hydrogens is 214 g/mol.